The van der Waals surface area contributed by atoms with Crippen LogP contribution >= 0.6 is 0 Å². The molecule has 0 saturated carbocycles. The normalized spacial score (nSPS) is 12.1. The van der Waals surface area contributed by atoms with Crippen LogP contribution in [0.2, 0.25) is 0 Å². The third-order valence-corrected chi connectivity index (χ3v) is 4.31. The number of carbonyl (C=O) groups is 1. The molecule has 0 saturated heterocycles. The van der Waals surface area contributed by atoms with Gasteiger partial charge in [0, 0.05) is 43.2 Å². The Bertz CT molecular complexity index is 864. The van der Waals surface area contributed by atoms with Gasteiger partial charge in [-0.1, -0.05) is 18.2 Å². The number of aromatic nitrogens is 4. The number of imidazole rings is 1. The number of para-hydroxylation sites is 1. The molecule has 3 rings (SSSR count). The Hall–Kier alpha value is -2.89. The highest BCUT2D eigenvalue weighted by Gasteiger charge is 2.12. The third kappa shape index (κ3) is 3.96. The average Bonchev–Trinajstić information content (AvgIpc) is 3.22. The van der Waals surface area contributed by atoms with E-state index in [1.807, 2.05) is 53.7 Å². The highest BCUT2D eigenvalue weighted by molar-refractivity contribution is 5.76. The number of nitrogens with one attached hydrogen (secondary N) is 1. The van der Waals surface area contributed by atoms with Crippen molar-refractivity contribution in [2.24, 2.45) is 0 Å². The molecule has 25 heavy (non-hydrogen) atoms. The number of rotatable bonds is 6. The van der Waals surface area contributed by atoms with Gasteiger partial charge in [0.2, 0.25) is 5.91 Å². The second kappa shape index (κ2) is 7.34. The van der Waals surface area contributed by atoms with Crippen LogP contribution in [0.1, 0.15) is 36.3 Å². The molecular weight excluding hydrogens is 314 g/mol. The van der Waals surface area contributed by atoms with Gasteiger partial charge in [-0.15, -0.1) is 0 Å². The van der Waals surface area contributed by atoms with Gasteiger partial charge < -0.3 is 9.88 Å². The number of carbonyl (C=O) groups excluding carboxylic acids is 1. The summed E-state index contributed by atoms with van der Waals surface area (Å²) in [5.41, 5.74) is 3.18. The molecule has 0 spiro atoms. The first-order valence-electron chi connectivity index (χ1n) is 8.40. The zero-order valence-electron chi connectivity index (χ0n) is 14.8. The zero-order chi connectivity index (χ0) is 17.8. The molecule has 2 heterocycles. The Kier molecular flexibility index (Phi) is 4.97. The quantitative estimate of drug-likeness (QED) is 0.752. The Morgan fingerprint density at radius 1 is 1.28 bits per heavy atom. The summed E-state index contributed by atoms with van der Waals surface area (Å²) in [4.78, 5) is 16.4. The lowest BCUT2D eigenvalue weighted by Crippen LogP contribution is -2.25. The van der Waals surface area contributed by atoms with Gasteiger partial charge in [0.15, 0.2) is 0 Å². The molecule has 0 aliphatic rings. The largest absolute Gasteiger partial charge is 0.352 e. The van der Waals surface area contributed by atoms with Gasteiger partial charge in [-0.05, 0) is 32.4 Å². The minimum Gasteiger partial charge on any atom is -0.352 e. The fraction of sp³-hybridized carbons (Fsp3) is 0.316. The van der Waals surface area contributed by atoms with Crippen molar-refractivity contribution in [3.8, 4) is 5.69 Å². The molecule has 1 amide bonds. The van der Waals surface area contributed by atoms with E-state index >= 15 is 0 Å². The third-order valence-electron chi connectivity index (χ3n) is 4.31. The summed E-state index contributed by atoms with van der Waals surface area (Å²) >= 11 is 0. The van der Waals surface area contributed by atoms with E-state index in [-0.39, 0.29) is 11.9 Å². The first-order valence-corrected chi connectivity index (χ1v) is 8.40. The molecule has 1 N–H and O–H groups in total. The Morgan fingerprint density at radius 2 is 2.08 bits per heavy atom. The van der Waals surface area contributed by atoms with Gasteiger partial charge >= 0.3 is 0 Å². The summed E-state index contributed by atoms with van der Waals surface area (Å²) in [5.74, 6) is 0.934. The van der Waals surface area contributed by atoms with E-state index in [9.17, 15) is 4.79 Å². The SMILES string of the molecule is Cc1ccccc1-n1cc(CNC(=O)C[C@@H](C)n2ccnc2C)cn1. The van der Waals surface area contributed by atoms with Crippen molar-refractivity contribution in [2.75, 3.05) is 0 Å². The highest BCUT2D eigenvalue weighted by Crippen LogP contribution is 2.14. The number of aryl methyl sites for hydroxylation is 2. The summed E-state index contributed by atoms with van der Waals surface area (Å²) in [6.45, 7) is 6.48. The summed E-state index contributed by atoms with van der Waals surface area (Å²) in [7, 11) is 0. The maximum absolute atomic E-state index is 12.2. The topological polar surface area (TPSA) is 64.7 Å². The fourth-order valence-electron chi connectivity index (χ4n) is 2.90. The lowest BCUT2D eigenvalue weighted by atomic mass is 10.2. The maximum atomic E-state index is 12.2. The zero-order valence-corrected chi connectivity index (χ0v) is 14.8. The minimum atomic E-state index is 0.0178. The predicted molar refractivity (Wildman–Crippen MR) is 96.4 cm³/mol. The minimum absolute atomic E-state index is 0.0178. The molecule has 130 valence electrons. The van der Waals surface area contributed by atoms with Crippen molar-refractivity contribution >= 4 is 5.91 Å². The first-order chi connectivity index (χ1) is 12.0. The number of benzene rings is 1. The van der Waals surface area contributed by atoms with Crippen LogP contribution in [-0.2, 0) is 11.3 Å². The van der Waals surface area contributed by atoms with E-state index in [0.717, 1.165) is 22.6 Å². The molecule has 6 heteroatoms. The van der Waals surface area contributed by atoms with Crippen LogP contribution in [0.3, 0.4) is 0 Å². The standard InChI is InChI=1S/C19H23N5O/c1-14-6-4-5-7-18(14)24-13-17(12-22-24)11-21-19(25)10-15(2)23-9-8-20-16(23)3/h4-9,12-13,15H,10-11H2,1-3H3,(H,21,25)/t15-/m1/s1. The van der Waals surface area contributed by atoms with E-state index < -0.39 is 0 Å². The molecule has 0 radical (unpaired) electrons. The second-order valence-corrected chi connectivity index (χ2v) is 6.29. The molecule has 0 aliphatic carbocycles. The Morgan fingerprint density at radius 3 is 2.80 bits per heavy atom. The lowest BCUT2D eigenvalue weighted by molar-refractivity contribution is -0.121. The van der Waals surface area contributed by atoms with E-state index in [1.54, 1.807) is 12.4 Å². The lowest BCUT2D eigenvalue weighted by Gasteiger charge is -2.14. The van der Waals surface area contributed by atoms with Crippen LogP contribution in [0.15, 0.2) is 49.1 Å². The molecular formula is C19H23N5O. The highest BCUT2D eigenvalue weighted by atomic mass is 16.1. The van der Waals surface area contributed by atoms with Crippen molar-refractivity contribution in [1.29, 1.82) is 0 Å². The molecule has 3 aromatic rings. The smallest absolute Gasteiger partial charge is 0.222 e. The number of hydrogen-bond acceptors (Lipinski definition) is 3. The van der Waals surface area contributed by atoms with Crippen LogP contribution in [0, 0.1) is 13.8 Å². The van der Waals surface area contributed by atoms with Crippen LogP contribution < -0.4 is 5.32 Å². The molecule has 2 aromatic heterocycles. The van der Waals surface area contributed by atoms with Gasteiger partial charge in [0.1, 0.15) is 5.82 Å². The van der Waals surface area contributed by atoms with Crippen LogP contribution in [-0.4, -0.2) is 25.2 Å². The predicted octanol–water partition coefficient (Wildman–Crippen LogP) is 2.95. The molecule has 0 fully saturated rings. The fourth-order valence-corrected chi connectivity index (χ4v) is 2.90. The maximum Gasteiger partial charge on any atom is 0.222 e. The number of amides is 1. The molecule has 0 aliphatic heterocycles. The molecule has 1 atom stereocenters. The van der Waals surface area contributed by atoms with E-state index in [1.165, 1.54) is 0 Å². The number of hydrogen-bond donors (Lipinski definition) is 1. The average molecular weight is 337 g/mol. The monoisotopic (exact) mass is 337 g/mol. The summed E-state index contributed by atoms with van der Waals surface area (Å²) < 4.78 is 3.85. The van der Waals surface area contributed by atoms with Crippen molar-refractivity contribution in [3.05, 3.63) is 66.0 Å². The first kappa shape index (κ1) is 17.0. The van der Waals surface area contributed by atoms with Crippen molar-refractivity contribution in [3.63, 3.8) is 0 Å². The van der Waals surface area contributed by atoms with Gasteiger partial charge in [0.25, 0.3) is 0 Å². The van der Waals surface area contributed by atoms with Crippen LogP contribution in [0.4, 0.5) is 0 Å². The van der Waals surface area contributed by atoms with Crippen molar-refractivity contribution in [1.82, 2.24) is 24.6 Å². The van der Waals surface area contributed by atoms with E-state index in [2.05, 4.69) is 28.4 Å². The summed E-state index contributed by atoms with van der Waals surface area (Å²) in [6.07, 6.45) is 7.81. The summed E-state index contributed by atoms with van der Waals surface area (Å²) in [5, 5.41) is 7.36. The van der Waals surface area contributed by atoms with E-state index in [4.69, 9.17) is 0 Å². The molecule has 0 bridgehead atoms. The van der Waals surface area contributed by atoms with E-state index in [0.29, 0.717) is 13.0 Å². The molecule has 1 aromatic carbocycles. The summed E-state index contributed by atoms with van der Waals surface area (Å²) in [6, 6.07) is 8.16. The van der Waals surface area contributed by atoms with Crippen molar-refractivity contribution < 1.29 is 4.79 Å². The van der Waals surface area contributed by atoms with Gasteiger partial charge in [0.05, 0.1) is 11.9 Å². The van der Waals surface area contributed by atoms with Gasteiger partial charge in [-0.25, -0.2) is 9.67 Å². The molecule has 6 nitrogen and oxygen atoms in total. The van der Waals surface area contributed by atoms with Crippen molar-refractivity contribution in [2.45, 2.75) is 39.8 Å². The second-order valence-electron chi connectivity index (χ2n) is 6.29. The van der Waals surface area contributed by atoms with Crippen LogP contribution in [0.25, 0.3) is 5.69 Å². The Balaban J connectivity index is 1.56. The van der Waals surface area contributed by atoms with Gasteiger partial charge in [-0.3, -0.25) is 4.79 Å². The van der Waals surface area contributed by atoms with Gasteiger partial charge in [-0.2, -0.15) is 5.10 Å². The Labute approximate surface area is 147 Å². The van der Waals surface area contributed by atoms with Crippen LogP contribution in [0.5, 0.6) is 0 Å². The number of nitrogens with zero attached hydrogens (tertiary/aromatic N) is 4. The molecule has 0 unspecified atom stereocenters.